The van der Waals surface area contributed by atoms with Gasteiger partial charge >= 0.3 is 0 Å². The summed E-state index contributed by atoms with van der Waals surface area (Å²) >= 11 is 0. The fourth-order valence-corrected chi connectivity index (χ4v) is 3.86. The Hall–Kier alpha value is -4.51. The normalized spacial score (nSPS) is 12.7. The summed E-state index contributed by atoms with van der Waals surface area (Å²) in [5.74, 6) is 2.79. The monoisotopic (exact) mass is 501 g/mol. The van der Waals surface area contributed by atoms with Crippen molar-refractivity contribution in [2.24, 2.45) is 13.0 Å². The van der Waals surface area contributed by atoms with Gasteiger partial charge in [-0.2, -0.15) is 5.10 Å². The number of methoxy groups -OCH3 is 1. The molecule has 3 N–H and O–H groups in total. The molecule has 1 aromatic carbocycles. The van der Waals surface area contributed by atoms with E-state index in [4.69, 9.17) is 14.6 Å². The molecule has 3 heterocycles. The van der Waals surface area contributed by atoms with Crippen LogP contribution in [-0.2, 0) is 7.05 Å². The highest BCUT2D eigenvalue weighted by molar-refractivity contribution is 6.04. The van der Waals surface area contributed by atoms with Gasteiger partial charge in [0.1, 0.15) is 30.3 Å². The zero-order valence-corrected chi connectivity index (χ0v) is 20.5. The summed E-state index contributed by atoms with van der Waals surface area (Å²) in [6.45, 7) is 0.125. The van der Waals surface area contributed by atoms with E-state index in [0.29, 0.717) is 45.9 Å². The minimum Gasteiger partial charge on any atom is -0.494 e. The van der Waals surface area contributed by atoms with Gasteiger partial charge < -0.3 is 25.2 Å². The molecule has 0 atom stereocenters. The minimum absolute atomic E-state index is 0.0280. The molecule has 37 heavy (non-hydrogen) atoms. The van der Waals surface area contributed by atoms with Crippen LogP contribution < -0.4 is 20.1 Å². The van der Waals surface area contributed by atoms with E-state index in [-0.39, 0.29) is 24.9 Å². The summed E-state index contributed by atoms with van der Waals surface area (Å²) < 4.78 is 12.7. The van der Waals surface area contributed by atoms with Crippen molar-refractivity contribution in [2.75, 3.05) is 31.0 Å². The number of hydrogen-bond donors (Lipinski definition) is 3. The second-order valence-corrected chi connectivity index (χ2v) is 8.58. The van der Waals surface area contributed by atoms with Gasteiger partial charge in [0.05, 0.1) is 42.4 Å². The average Bonchev–Trinajstić information content (AvgIpc) is 3.68. The van der Waals surface area contributed by atoms with E-state index in [9.17, 15) is 4.79 Å². The molecule has 1 aliphatic carbocycles. The smallest absolute Gasteiger partial charge is 0.184 e. The molecule has 1 aliphatic rings. The Kier molecular flexibility index (Phi) is 6.95. The molecule has 4 aromatic rings. The second-order valence-electron chi connectivity index (χ2n) is 8.58. The quantitative estimate of drug-likeness (QED) is 0.261. The van der Waals surface area contributed by atoms with Crippen molar-refractivity contribution in [1.82, 2.24) is 24.7 Å². The number of aromatic nitrogens is 5. The summed E-state index contributed by atoms with van der Waals surface area (Å²) in [5.41, 5.74) is 2.50. The molecule has 3 aromatic heterocycles. The minimum atomic E-state index is -0.0717. The standard InChI is InChI=1S/C26H27N7O4/c1-33-15-29-26(32-33)18-4-3-5-20(25(18)36-2)30-21-12-23(28-14-19(21)24(35)16-6-7-16)31-22-9-8-17(13-27-22)37-11-10-34/h3-5,8-9,12-16,34H,6-7,10-11H2,1-2H3,(H2,27,28,30,31). The maximum atomic E-state index is 13.1. The number of carbonyl (C=O) groups is 1. The van der Waals surface area contributed by atoms with Crippen LogP contribution >= 0.6 is 0 Å². The Morgan fingerprint density at radius 2 is 1.92 bits per heavy atom. The molecule has 11 heteroatoms. The maximum Gasteiger partial charge on any atom is 0.184 e. The predicted molar refractivity (Wildman–Crippen MR) is 138 cm³/mol. The Morgan fingerprint density at radius 3 is 2.59 bits per heavy atom. The summed E-state index contributed by atoms with van der Waals surface area (Å²) in [5, 5.41) is 19.8. The number of carbonyl (C=O) groups excluding carboxylic acids is 1. The number of ether oxygens (including phenoxy) is 2. The molecule has 190 valence electrons. The summed E-state index contributed by atoms with van der Waals surface area (Å²) in [4.78, 5) is 26.2. The molecule has 0 aliphatic heterocycles. The summed E-state index contributed by atoms with van der Waals surface area (Å²) in [7, 11) is 3.39. The Bertz CT molecular complexity index is 1400. The van der Waals surface area contributed by atoms with E-state index < -0.39 is 0 Å². The number of para-hydroxylation sites is 1. The Labute approximate surface area is 213 Å². The van der Waals surface area contributed by atoms with Gasteiger partial charge in [-0.1, -0.05) is 6.07 Å². The zero-order valence-electron chi connectivity index (χ0n) is 20.5. The lowest BCUT2D eigenvalue weighted by Crippen LogP contribution is -2.09. The van der Waals surface area contributed by atoms with Crippen molar-refractivity contribution >= 4 is 28.8 Å². The van der Waals surface area contributed by atoms with Crippen LogP contribution in [0.2, 0.25) is 0 Å². The highest BCUT2D eigenvalue weighted by Gasteiger charge is 2.32. The van der Waals surface area contributed by atoms with Crippen molar-refractivity contribution in [2.45, 2.75) is 12.8 Å². The second kappa shape index (κ2) is 10.6. The number of rotatable bonds is 11. The van der Waals surface area contributed by atoms with E-state index in [1.54, 1.807) is 55.8 Å². The highest BCUT2D eigenvalue weighted by atomic mass is 16.5. The van der Waals surface area contributed by atoms with Crippen molar-refractivity contribution in [3.05, 3.63) is 60.7 Å². The number of ketones is 1. The average molecular weight is 502 g/mol. The molecule has 0 radical (unpaired) electrons. The van der Waals surface area contributed by atoms with Gasteiger partial charge in [-0.05, 0) is 37.1 Å². The van der Waals surface area contributed by atoms with Gasteiger partial charge in [-0.3, -0.25) is 9.48 Å². The third-order valence-electron chi connectivity index (χ3n) is 5.80. The van der Waals surface area contributed by atoms with Crippen LogP contribution in [0, 0.1) is 5.92 Å². The number of benzene rings is 1. The predicted octanol–water partition coefficient (Wildman–Crippen LogP) is 3.73. The molecule has 0 bridgehead atoms. The van der Waals surface area contributed by atoms with Crippen LogP contribution in [-0.4, -0.2) is 55.9 Å². The van der Waals surface area contributed by atoms with E-state index in [0.717, 1.165) is 18.4 Å². The number of nitrogens with one attached hydrogen (secondary N) is 2. The molecule has 0 saturated heterocycles. The molecular weight excluding hydrogens is 474 g/mol. The van der Waals surface area contributed by atoms with Gasteiger partial charge in [0.25, 0.3) is 0 Å². The number of aliphatic hydroxyl groups is 1. The molecule has 1 saturated carbocycles. The largest absolute Gasteiger partial charge is 0.494 e. The lowest BCUT2D eigenvalue weighted by atomic mass is 10.1. The fourth-order valence-electron chi connectivity index (χ4n) is 3.86. The number of aryl methyl sites for hydroxylation is 1. The number of hydrogen-bond acceptors (Lipinski definition) is 10. The van der Waals surface area contributed by atoms with Gasteiger partial charge in [0.2, 0.25) is 0 Å². The Balaban J connectivity index is 1.46. The summed E-state index contributed by atoms with van der Waals surface area (Å²) in [6.07, 6.45) is 6.54. The number of nitrogens with zero attached hydrogens (tertiary/aromatic N) is 5. The van der Waals surface area contributed by atoms with Gasteiger partial charge in [0.15, 0.2) is 17.4 Å². The van der Waals surface area contributed by atoms with Crippen LogP contribution in [0.15, 0.2) is 55.1 Å². The van der Waals surface area contributed by atoms with E-state index >= 15 is 0 Å². The van der Waals surface area contributed by atoms with Gasteiger partial charge in [-0.25, -0.2) is 15.0 Å². The van der Waals surface area contributed by atoms with Gasteiger partial charge in [-0.15, -0.1) is 0 Å². The molecule has 1 fully saturated rings. The lowest BCUT2D eigenvalue weighted by Gasteiger charge is -2.17. The first-order valence-electron chi connectivity index (χ1n) is 11.9. The van der Waals surface area contributed by atoms with Gasteiger partial charge in [0, 0.05) is 25.2 Å². The van der Waals surface area contributed by atoms with Crippen molar-refractivity contribution < 1.29 is 19.4 Å². The van der Waals surface area contributed by atoms with Crippen LogP contribution in [0.5, 0.6) is 11.5 Å². The highest BCUT2D eigenvalue weighted by Crippen LogP contribution is 2.39. The van der Waals surface area contributed by atoms with E-state index in [1.807, 2.05) is 18.2 Å². The molecular formula is C26H27N7O4. The maximum absolute atomic E-state index is 13.1. The number of Topliss-reactive ketones (excluding diaryl/α,β-unsaturated/α-hetero) is 1. The summed E-state index contributed by atoms with van der Waals surface area (Å²) in [6, 6.07) is 10.9. The first-order chi connectivity index (χ1) is 18.1. The lowest BCUT2D eigenvalue weighted by molar-refractivity contribution is 0.0968. The van der Waals surface area contributed by atoms with E-state index in [1.165, 1.54) is 0 Å². The Morgan fingerprint density at radius 1 is 1.08 bits per heavy atom. The van der Waals surface area contributed by atoms with Crippen molar-refractivity contribution in [3.63, 3.8) is 0 Å². The number of pyridine rings is 2. The first-order valence-corrected chi connectivity index (χ1v) is 11.9. The van der Waals surface area contributed by atoms with Crippen LogP contribution in [0.3, 0.4) is 0 Å². The van der Waals surface area contributed by atoms with Crippen molar-refractivity contribution in [1.29, 1.82) is 0 Å². The van der Waals surface area contributed by atoms with Crippen LogP contribution in [0.1, 0.15) is 23.2 Å². The van der Waals surface area contributed by atoms with Crippen LogP contribution in [0.4, 0.5) is 23.0 Å². The topological polar surface area (TPSA) is 136 Å². The molecule has 5 rings (SSSR count). The van der Waals surface area contributed by atoms with Crippen LogP contribution in [0.25, 0.3) is 11.4 Å². The molecule has 0 unspecified atom stereocenters. The third-order valence-corrected chi connectivity index (χ3v) is 5.80. The fraction of sp³-hybridized carbons (Fsp3) is 0.269. The number of aliphatic hydroxyl groups excluding tert-OH is 1. The van der Waals surface area contributed by atoms with E-state index in [2.05, 4.69) is 30.7 Å². The molecule has 0 amide bonds. The molecule has 11 nitrogen and oxygen atoms in total. The van der Waals surface area contributed by atoms with Crippen molar-refractivity contribution in [3.8, 4) is 22.9 Å². The SMILES string of the molecule is COc1c(Nc2cc(Nc3ccc(OCCO)cn3)ncc2C(=O)C2CC2)cccc1-c1ncn(C)n1. The zero-order chi connectivity index (χ0) is 25.8. The first kappa shape index (κ1) is 24.2. The number of anilines is 4. The molecule has 0 spiro atoms. The third kappa shape index (κ3) is 5.51.